The van der Waals surface area contributed by atoms with Crippen molar-refractivity contribution in [1.29, 1.82) is 0 Å². The fourth-order valence-electron chi connectivity index (χ4n) is 4.35. The van der Waals surface area contributed by atoms with Crippen LogP contribution in [0.25, 0.3) is 0 Å². The van der Waals surface area contributed by atoms with Crippen LogP contribution >= 0.6 is 23.1 Å². The van der Waals surface area contributed by atoms with E-state index < -0.39 is 33.8 Å². The normalized spacial score (nSPS) is 21.3. The number of benzene rings is 2. The number of amides is 2. The molecule has 0 aliphatic carbocycles. The van der Waals surface area contributed by atoms with Crippen LogP contribution in [0.1, 0.15) is 23.3 Å². The number of H-pyrrole nitrogens is 1. The molecular weight excluding hydrogens is 482 g/mol. The molecule has 1 saturated heterocycles. The minimum Gasteiger partial charge on any atom is -0.504 e. The zero-order chi connectivity index (χ0) is 24.1. The Hall–Kier alpha value is -3.64. The van der Waals surface area contributed by atoms with Crippen molar-refractivity contribution >= 4 is 46.3 Å². The van der Waals surface area contributed by atoms with Crippen LogP contribution < -0.4 is 14.5 Å². The molecule has 3 aromatic rings. The number of fused-ring (bicyclic) bond motifs is 2. The third-order valence-electron chi connectivity index (χ3n) is 5.79. The van der Waals surface area contributed by atoms with Gasteiger partial charge in [-0.25, -0.2) is 4.90 Å². The van der Waals surface area contributed by atoms with Gasteiger partial charge in [0, 0.05) is 22.9 Å². The van der Waals surface area contributed by atoms with Crippen molar-refractivity contribution in [1.82, 2.24) is 4.98 Å². The van der Waals surface area contributed by atoms with E-state index >= 15 is 0 Å². The molecule has 0 bridgehead atoms. The molecule has 34 heavy (non-hydrogen) atoms. The Kier molecular flexibility index (Phi) is 5.41. The van der Waals surface area contributed by atoms with Crippen molar-refractivity contribution in [2.45, 2.75) is 23.1 Å². The highest BCUT2D eigenvalue weighted by atomic mass is 32.2. The van der Waals surface area contributed by atoms with Crippen molar-refractivity contribution in [3.05, 3.63) is 72.7 Å². The molecule has 3 heterocycles. The molecule has 5 rings (SSSR count). The van der Waals surface area contributed by atoms with E-state index in [1.165, 1.54) is 30.3 Å². The number of non-ortho nitro benzene ring substituents is 1. The second-order valence-corrected chi connectivity index (χ2v) is 9.86. The molecule has 2 aliphatic heterocycles. The van der Waals surface area contributed by atoms with E-state index in [0.29, 0.717) is 22.1 Å². The summed E-state index contributed by atoms with van der Waals surface area (Å²) in [5, 5.41) is 20.9. The second-order valence-electron chi connectivity index (χ2n) is 7.70. The summed E-state index contributed by atoms with van der Waals surface area (Å²) in [4.78, 5) is 53.8. The van der Waals surface area contributed by atoms with Crippen LogP contribution in [0.2, 0.25) is 0 Å². The van der Waals surface area contributed by atoms with Crippen LogP contribution in [-0.4, -0.2) is 38.7 Å². The van der Waals surface area contributed by atoms with Gasteiger partial charge in [0.25, 0.3) is 5.69 Å². The summed E-state index contributed by atoms with van der Waals surface area (Å²) in [7, 11) is 0. The number of aromatic amines is 1. The first kappa shape index (κ1) is 22.2. The highest BCUT2D eigenvalue weighted by molar-refractivity contribution is 8.00. The molecule has 2 N–H and O–H groups in total. The first-order chi connectivity index (χ1) is 16.3. The highest BCUT2D eigenvalue weighted by Gasteiger charge is 2.56. The lowest BCUT2D eigenvalue weighted by molar-refractivity contribution is -0.384. The van der Waals surface area contributed by atoms with Gasteiger partial charge >= 0.3 is 4.87 Å². The number of imide groups is 1. The van der Waals surface area contributed by atoms with Crippen LogP contribution in [0.3, 0.4) is 0 Å². The molecule has 0 unspecified atom stereocenters. The SMILES string of the molecule is CCOc1cc([C@@H]2c3sc(=O)[nH]c3S[C@H]3C(=O)N(c4ccc([N+](=O)[O-])cc4)C(=O)[C@@H]23)ccc1O. The molecule has 1 aromatic heterocycles. The number of hydrogen-bond acceptors (Lipinski definition) is 9. The Balaban J connectivity index is 1.61. The Morgan fingerprint density at radius 3 is 2.56 bits per heavy atom. The Bertz CT molecular complexity index is 1380. The van der Waals surface area contributed by atoms with Crippen molar-refractivity contribution in [3.8, 4) is 11.5 Å². The number of thioether (sulfide) groups is 1. The van der Waals surface area contributed by atoms with Gasteiger partial charge in [0.1, 0.15) is 5.25 Å². The number of aromatic nitrogens is 1. The lowest BCUT2D eigenvalue weighted by atomic mass is 9.83. The number of carbonyl (C=O) groups excluding carboxylic acids is 2. The fourth-order valence-corrected chi connectivity index (χ4v) is 6.86. The van der Waals surface area contributed by atoms with E-state index in [2.05, 4.69) is 4.98 Å². The summed E-state index contributed by atoms with van der Waals surface area (Å²) < 4.78 is 5.50. The van der Waals surface area contributed by atoms with Gasteiger partial charge in [0.15, 0.2) is 11.5 Å². The molecule has 12 heteroatoms. The summed E-state index contributed by atoms with van der Waals surface area (Å²) in [6, 6.07) is 9.96. The number of hydrogen-bond donors (Lipinski definition) is 2. The van der Waals surface area contributed by atoms with Crippen molar-refractivity contribution in [2.24, 2.45) is 5.92 Å². The number of aromatic hydroxyl groups is 1. The molecule has 0 saturated carbocycles. The Labute approximate surface area is 200 Å². The predicted octanol–water partition coefficient (Wildman–Crippen LogP) is 3.24. The Morgan fingerprint density at radius 2 is 1.88 bits per heavy atom. The minimum atomic E-state index is -0.814. The molecule has 0 radical (unpaired) electrons. The maximum absolute atomic E-state index is 13.6. The third-order valence-corrected chi connectivity index (χ3v) is 8.19. The monoisotopic (exact) mass is 499 g/mol. The summed E-state index contributed by atoms with van der Waals surface area (Å²) >= 11 is 2.12. The van der Waals surface area contributed by atoms with Gasteiger partial charge in [-0.2, -0.15) is 0 Å². The van der Waals surface area contributed by atoms with Gasteiger partial charge in [-0.1, -0.05) is 29.2 Å². The number of thiazole rings is 1. The zero-order valence-electron chi connectivity index (χ0n) is 17.6. The van der Waals surface area contributed by atoms with Crippen LogP contribution in [0, 0.1) is 16.0 Å². The number of nitrogens with one attached hydrogen (secondary N) is 1. The molecule has 3 atom stereocenters. The van der Waals surface area contributed by atoms with E-state index in [-0.39, 0.29) is 27.7 Å². The molecule has 2 amide bonds. The predicted molar refractivity (Wildman–Crippen MR) is 125 cm³/mol. The molecule has 2 aliphatic rings. The maximum Gasteiger partial charge on any atom is 0.305 e. The highest BCUT2D eigenvalue weighted by Crippen LogP contribution is 2.53. The van der Waals surface area contributed by atoms with Gasteiger partial charge in [-0.05, 0) is 36.8 Å². The van der Waals surface area contributed by atoms with Crippen LogP contribution in [0.15, 0.2) is 52.3 Å². The molecule has 10 nitrogen and oxygen atoms in total. The molecule has 0 spiro atoms. The van der Waals surface area contributed by atoms with E-state index in [4.69, 9.17) is 4.74 Å². The topological polar surface area (TPSA) is 143 Å². The second kappa shape index (κ2) is 8.29. The number of phenolic OH excluding ortho intramolecular Hbond substituents is 1. The Morgan fingerprint density at radius 1 is 1.15 bits per heavy atom. The molecule has 1 fully saturated rings. The molecule has 174 valence electrons. The number of ether oxygens (including phenoxy) is 1. The standard InChI is InChI=1S/C22H17N3O7S2/c1-2-32-14-9-10(3-8-13(14)26)15-16-18(33-19-17(15)34-22(29)23-19)21(28)24(20(16)27)11-4-6-12(7-5-11)25(30)31/h3-9,15-16,18,26H,2H2,1H3,(H,23,29)/t15-,16-,18+/m0/s1. The number of carbonyl (C=O) groups is 2. The average molecular weight is 500 g/mol. The molecule has 2 aromatic carbocycles. The number of nitro benzene ring substituents is 1. The summed E-state index contributed by atoms with van der Waals surface area (Å²) in [5.41, 5.74) is 0.714. The lowest BCUT2D eigenvalue weighted by Crippen LogP contribution is -2.32. The summed E-state index contributed by atoms with van der Waals surface area (Å²) in [5.74, 6) is -2.17. The van der Waals surface area contributed by atoms with E-state index in [1.54, 1.807) is 19.1 Å². The zero-order valence-corrected chi connectivity index (χ0v) is 19.2. The first-order valence-electron chi connectivity index (χ1n) is 10.3. The number of nitrogens with zero attached hydrogens (tertiary/aromatic N) is 2. The van der Waals surface area contributed by atoms with Crippen LogP contribution in [0.4, 0.5) is 11.4 Å². The van der Waals surface area contributed by atoms with Gasteiger partial charge in [0.05, 0.1) is 28.2 Å². The van der Waals surface area contributed by atoms with E-state index in [9.17, 15) is 29.6 Å². The van der Waals surface area contributed by atoms with E-state index in [0.717, 1.165) is 28.0 Å². The summed E-state index contributed by atoms with van der Waals surface area (Å²) in [6.07, 6.45) is 0. The minimum absolute atomic E-state index is 0.0591. The quantitative estimate of drug-likeness (QED) is 0.309. The summed E-state index contributed by atoms with van der Waals surface area (Å²) in [6.45, 7) is 2.09. The van der Waals surface area contributed by atoms with Crippen LogP contribution in [0.5, 0.6) is 11.5 Å². The average Bonchev–Trinajstić information content (AvgIpc) is 3.30. The van der Waals surface area contributed by atoms with Gasteiger partial charge in [0.2, 0.25) is 11.8 Å². The van der Waals surface area contributed by atoms with Crippen molar-refractivity contribution in [2.75, 3.05) is 11.5 Å². The van der Waals surface area contributed by atoms with Gasteiger partial charge in [-0.3, -0.25) is 24.5 Å². The fraction of sp³-hybridized carbons (Fsp3) is 0.227. The van der Waals surface area contributed by atoms with Crippen molar-refractivity contribution < 1.29 is 24.4 Å². The van der Waals surface area contributed by atoms with Gasteiger partial charge in [-0.15, -0.1) is 0 Å². The number of anilines is 1. The number of rotatable bonds is 5. The largest absolute Gasteiger partial charge is 0.504 e. The first-order valence-corrected chi connectivity index (χ1v) is 12.0. The molecular formula is C22H17N3O7S2. The smallest absolute Gasteiger partial charge is 0.305 e. The number of phenols is 1. The van der Waals surface area contributed by atoms with Crippen LogP contribution in [-0.2, 0) is 9.59 Å². The number of nitro groups is 1. The van der Waals surface area contributed by atoms with E-state index in [1.807, 2.05) is 0 Å². The lowest BCUT2D eigenvalue weighted by Gasteiger charge is -2.30. The maximum atomic E-state index is 13.6. The third kappa shape index (κ3) is 3.46. The van der Waals surface area contributed by atoms with Crippen molar-refractivity contribution in [3.63, 3.8) is 0 Å². The van der Waals surface area contributed by atoms with Gasteiger partial charge < -0.3 is 14.8 Å².